The van der Waals surface area contributed by atoms with E-state index in [9.17, 15) is 18.0 Å². The zero-order valence-electron chi connectivity index (χ0n) is 12.6. The van der Waals surface area contributed by atoms with Crippen LogP contribution in [-0.2, 0) is 9.53 Å². The molecule has 23 heavy (non-hydrogen) atoms. The first-order valence-electron chi connectivity index (χ1n) is 6.77. The summed E-state index contributed by atoms with van der Waals surface area (Å²) in [6.07, 6.45) is -4.45. The van der Waals surface area contributed by atoms with E-state index in [1.165, 1.54) is 0 Å². The van der Waals surface area contributed by atoms with Gasteiger partial charge in [-0.3, -0.25) is 4.79 Å². The van der Waals surface area contributed by atoms with E-state index < -0.39 is 25.3 Å². The van der Waals surface area contributed by atoms with Crippen molar-refractivity contribution in [2.75, 3.05) is 37.5 Å². The first kappa shape index (κ1) is 17.0. The fraction of sp³-hybridized carbons (Fsp3) is 0.333. The number of nitrogens with zero attached hydrogens (tertiary/aromatic N) is 2. The standard InChI is InChI=1S/C15H16F3N3O2/c1-21(2)13-6-3-10-7-11(4-5-12(10)20-13)19-14(22)8-23-9-15(16,17)18/h3-7H,8-9H2,1-2H3,(H,19,22). The Labute approximate surface area is 131 Å². The minimum Gasteiger partial charge on any atom is -0.363 e. The van der Waals surface area contributed by atoms with Gasteiger partial charge in [0.25, 0.3) is 0 Å². The molecule has 0 aliphatic rings. The van der Waals surface area contributed by atoms with Crippen molar-refractivity contribution in [2.24, 2.45) is 0 Å². The summed E-state index contributed by atoms with van der Waals surface area (Å²) in [6.45, 7) is -2.11. The van der Waals surface area contributed by atoms with Crippen molar-refractivity contribution in [3.8, 4) is 0 Å². The number of carbonyl (C=O) groups is 1. The van der Waals surface area contributed by atoms with E-state index in [-0.39, 0.29) is 0 Å². The van der Waals surface area contributed by atoms with Gasteiger partial charge in [-0.25, -0.2) is 4.98 Å². The second-order valence-electron chi connectivity index (χ2n) is 5.13. The van der Waals surface area contributed by atoms with Crippen molar-refractivity contribution < 1.29 is 22.7 Å². The van der Waals surface area contributed by atoms with Crippen LogP contribution in [0.2, 0.25) is 0 Å². The van der Waals surface area contributed by atoms with Gasteiger partial charge in [-0.1, -0.05) is 0 Å². The molecule has 8 heteroatoms. The number of halogens is 3. The van der Waals surface area contributed by atoms with Gasteiger partial charge < -0.3 is 15.0 Å². The highest BCUT2D eigenvalue weighted by atomic mass is 19.4. The highest BCUT2D eigenvalue weighted by Gasteiger charge is 2.27. The van der Waals surface area contributed by atoms with Gasteiger partial charge in [-0.05, 0) is 30.3 Å². The summed E-state index contributed by atoms with van der Waals surface area (Å²) in [5.74, 6) is 0.154. The van der Waals surface area contributed by atoms with Crippen molar-refractivity contribution in [3.05, 3.63) is 30.3 Å². The molecule has 0 saturated heterocycles. The summed E-state index contributed by atoms with van der Waals surface area (Å²) in [6, 6.07) is 8.75. The number of rotatable bonds is 5. The molecule has 0 spiro atoms. The van der Waals surface area contributed by atoms with Crippen molar-refractivity contribution in [3.63, 3.8) is 0 Å². The van der Waals surface area contributed by atoms with Crippen molar-refractivity contribution in [1.82, 2.24) is 4.98 Å². The SMILES string of the molecule is CN(C)c1ccc2cc(NC(=O)COCC(F)(F)F)ccc2n1. The Balaban J connectivity index is 2.00. The lowest BCUT2D eigenvalue weighted by molar-refractivity contribution is -0.174. The highest BCUT2D eigenvalue weighted by molar-refractivity contribution is 5.94. The number of nitrogens with one attached hydrogen (secondary N) is 1. The summed E-state index contributed by atoms with van der Waals surface area (Å²) < 4.78 is 40.1. The number of ether oxygens (including phenoxy) is 1. The molecule has 0 unspecified atom stereocenters. The minimum atomic E-state index is -4.45. The quantitative estimate of drug-likeness (QED) is 0.917. The summed E-state index contributed by atoms with van der Waals surface area (Å²) in [5.41, 5.74) is 1.22. The fourth-order valence-electron chi connectivity index (χ4n) is 1.90. The molecule has 1 aromatic carbocycles. The van der Waals surface area contributed by atoms with E-state index in [1.807, 2.05) is 31.1 Å². The van der Waals surface area contributed by atoms with Gasteiger partial charge in [0.15, 0.2) is 0 Å². The van der Waals surface area contributed by atoms with Crippen LogP contribution in [0.1, 0.15) is 0 Å². The zero-order chi connectivity index (χ0) is 17.0. The predicted molar refractivity (Wildman–Crippen MR) is 81.6 cm³/mol. The van der Waals surface area contributed by atoms with Crippen LogP contribution in [0.5, 0.6) is 0 Å². The van der Waals surface area contributed by atoms with Gasteiger partial charge in [0, 0.05) is 25.2 Å². The number of benzene rings is 1. The van der Waals surface area contributed by atoms with Gasteiger partial charge in [-0.15, -0.1) is 0 Å². The lowest BCUT2D eigenvalue weighted by atomic mass is 10.2. The largest absolute Gasteiger partial charge is 0.411 e. The van der Waals surface area contributed by atoms with E-state index in [1.54, 1.807) is 18.2 Å². The summed E-state index contributed by atoms with van der Waals surface area (Å²) in [4.78, 5) is 17.9. The zero-order valence-corrected chi connectivity index (χ0v) is 12.6. The van der Waals surface area contributed by atoms with Crippen LogP contribution >= 0.6 is 0 Å². The number of hydrogen-bond acceptors (Lipinski definition) is 4. The van der Waals surface area contributed by atoms with Crippen LogP contribution in [0.15, 0.2) is 30.3 Å². The van der Waals surface area contributed by atoms with E-state index in [0.29, 0.717) is 5.69 Å². The second kappa shape index (κ2) is 6.82. The van der Waals surface area contributed by atoms with Crippen LogP contribution in [0.3, 0.4) is 0 Å². The Morgan fingerprint density at radius 1 is 1.26 bits per heavy atom. The van der Waals surface area contributed by atoms with Crippen LogP contribution < -0.4 is 10.2 Å². The Bertz CT molecular complexity index is 702. The number of hydrogen-bond donors (Lipinski definition) is 1. The van der Waals surface area contributed by atoms with Crippen LogP contribution in [0.4, 0.5) is 24.7 Å². The Morgan fingerprint density at radius 3 is 2.65 bits per heavy atom. The molecule has 0 saturated carbocycles. The Morgan fingerprint density at radius 2 is 2.00 bits per heavy atom. The summed E-state index contributed by atoms with van der Waals surface area (Å²) in [5, 5.41) is 3.30. The lowest BCUT2D eigenvalue weighted by Gasteiger charge is -2.12. The second-order valence-corrected chi connectivity index (χ2v) is 5.13. The molecule has 0 fully saturated rings. The minimum absolute atomic E-state index is 0.470. The topological polar surface area (TPSA) is 54.5 Å². The van der Waals surface area contributed by atoms with E-state index in [2.05, 4.69) is 15.0 Å². The van der Waals surface area contributed by atoms with Crippen molar-refractivity contribution >= 4 is 28.3 Å². The maximum atomic E-state index is 11.9. The van der Waals surface area contributed by atoms with Crippen molar-refractivity contribution in [1.29, 1.82) is 0 Å². The molecule has 5 nitrogen and oxygen atoms in total. The molecular weight excluding hydrogens is 311 g/mol. The number of fused-ring (bicyclic) bond motifs is 1. The third-order valence-corrected chi connectivity index (χ3v) is 2.92. The molecular formula is C15H16F3N3O2. The van der Waals surface area contributed by atoms with Gasteiger partial charge in [-0.2, -0.15) is 13.2 Å². The van der Waals surface area contributed by atoms with E-state index in [4.69, 9.17) is 0 Å². The molecule has 2 rings (SSSR count). The number of aromatic nitrogens is 1. The molecule has 1 aromatic heterocycles. The molecule has 0 atom stereocenters. The normalized spacial score (nSPS) is 11.5. The molecule has 1 N–H and O–H groups in total. The van der Waals surface area contributed by atoms with Crippen molar-refractivity contribution in [2.45, 2.75) is 6.18 Å². The van der Waals surface area contributed by atoms with Crippen LogP contribution in [0.25, 0.3) is 10.9 Å². The van der Waals surface area contributed by atoms with Crippen LogP contribution in [-0.4, -0.2) is 44.4 Å². The fourth-order valence-corrected chi connectivity index (χ4v) is 1.90. The average molecular weight is 327 g/mol. The summed E-state index contributed by atoms with van der Waals surface area (Å²) >= 11 is 0. The summed E-state index contributed by atoms with van der Waals surface area (Å²) in [7, 11) is 3.76. The predicted octanol–water partition coefficient (Wildman–Crippen LogP) is 2.82. The highest BCUT2D eigenvalue weighted by Crippen LogP contribution is 2.21. The van der Waals surface area contributed by atoms with Gasteiger partial charge in [0.05, 0.1) is 5.52 Å². The first-order chi connectivity index (χ1) is 10.7. The molecule has 1 heterocycles. The lowest BCUT2D eigenvalue weighted by Crippen LogP contribution is -2.23. The number of anilines is 2. The smallest absolute Gasteiger partial charge is 0.363 e. The Hall–Kier alpha value is -2.35. The molecule has 124 valence electrons. The maximum Gasteiger partial charge on any atom is 0.411 e. The van der Waals surface area contributed by atoms with Crippen LogP contribution in [0, 0.1) is 0 Å². The van der Waals surface area contributed by atoms with E-state index >= 15 is 0 Å². The third kappa shape index (κ3) is 5.10. The van der Waals surface area contributed by atoms with E-state index in [0.717, 1.165) is 16.7 Å². The molecule has 1 amide bonds. The first-order valence-corrected chi connectivity index (χ1v) is 6.77. The molecule has 0 radical (unpaired) electrons. The molecule has 0 bridgehead atoms. The maximum absolute atomic E-state index is 11.9. The third-order valence-electron chi connectivity index (χ3n) is 2.92. The molecule has 0 aliphatic heterocycles. The van der Waals surface area contributed by atoms with Gasteiger partial charge in [0.2, 0.25) is 5.91 Å². The number of carbonyl (C=O) groups excluding carboxylic acids is 1. The molecule has 0 aliphatic carbocycles. The molecule has 2 aromatic rings. The van der Waals surface area contributed by atoms with Gasteiger partial charge in [0.1, 0.15) is 19.0 Å². The van der Waals surface area contributed by atoms with Gasteiger partial charge >= 0.3 is 6.18 Å². The number of amides is 1. The Kier molecular flexibility index (Phi) is 5.05. The number of alkyl halides is 3. The monoisotopic (exact) mass is 327 g/mol. The average Bonchev–Trinajstić information content (AvgIpc) is 2.45. The number of pyridine rings is 1.